The molecule has 0 aromatic heterocycles. The van der Waals surface area contributed by atoms with E-state index in [2.05, 4.69) is 26.0 Å². The third-order valence-electron chi connectivity index (χ3n) is 3.16. The molecule has 21 heavy (non-hydrogen) atoms. The summed E-state index contributed by atoms with van der Waals surface area (Å²) in [5.41, 5.74) is 8.82. The molecule has 0 saturated carbocycles. The lowest BCUT2D eigenvalue weighted by atomic mass is 10.0. The molecule has 1 aromatic carbocycles. The predicted molar refractivity (Wildman–Crippen MR) is 90.1 cm³/mol. The van der Waals surface area contributed by atoms with Crippen molar-refractivity contribution < 1.29 is 9.53 Å². The van der Waals surface area contributed by atoms with E-state index < -0.39 is 5.97 Å². The topological polar surface area (TPSA) is 52.3 Å². The quantitative estimate of drug-likeness (QED) is 0.585. The Morgan fingerprint density at radius 2 is 1.76 bits per heavy atom. The Bertz CT molecular complexity index is 530. The van der Waals surface area contributed by atoms with Crippen molar-refractivity contribution in [3.05, 3.63) is 41.0 Å². The van der Waals surface area contributed by atoms with Gasteiger partial charge >= 0.3 is 5.97 Å². The van der Waals surface area contributed by atoms with Crippen LogP contribution in [-0.4, -0.2) is 13.1 Å². The SMILES string of the molecule is CCCC=Cc1cc(C=CCCC)c(N)c(C(=O)OC)c1. The van der Waals surface area contributed by atoms with Crippen molar-refractivity contribution in [2.45, 2.75) is 39.5 Å². The van der Waals surface area contributed by atoms with Crippen LogP contribution >= 0.6 is 0 Å². The van der Waals surface area contributed by atoms with Crippen LogP contribution in [0.4, 0.5) is 5.69 Å². The first-order chi connectivity index (χ1) is 10.1. The summed E-state index contributed by atoms with van der Waals surface area (Å²) >= 11 is 0. The lowest BCUT2D eigenvalue weighted by Gasteiger charge is -2.09. The van der Waals surface area contributed by atoms with Crippen molar-refractivity contribution >= 4 is 23.8 Å². The van der Waals surface area contributed by atoms with Gasteiger partial charge in [0, 0.05) is 0 Å². The molecule has 0 fully saturated rings. The number of allylic oxidation sites excluding steroid dienone is 2. The summed E-state index contributed by atoms with van der Waals surface area (Å²) in [4.78, 5) is 11.8. The molecule has 0 saturated heterocycles. The minimum absolute atomic E-state index is 0.400. The first-order valence-electron chi connectivity index (χ1n) is 7.48. The second kappa shape index (κ2) is 9.01. The van der Waals surface area contributed by atoms with E-state index in [4.69, 9.17) is 10.5 Å². The second-order valence-corrected chi connectivity index (χ2v) is 4.95. The van der Waals surface area contributed by atoms with Gasteiger partial charge in [0.25, 0.3) is 0 Å². The largest absolute Gasteiger partial charge is 0.465 e. The lowest BCUT2D eigenvalue weighted by molar-refractivity contribution is 0.0602. The highest BCUT2D eigenvalue weighted by Gasteiger charge is 2.13. The number of hydrogen-bond donors (Lipinski definition) is 1. The fraction of sp³-hybridized carbons (Fsp3) is 0.389. The maximum absolute atomic E-state index is 11.8. The summed E-state index contributed by atoms with van der Waals surface area (Å²) in [5, 5.41) is 0. The molecule has 0 aliphatic heterocycles. The van der Waals surface area contributed by atoms with E-state index in [0.717, 1.165) is 36.8 Å². The first kappa shape index (κ1) is 17.0. The number of carbonyl (C=O) groups excluding carboxylic acids is 1. The number of esters is 1. The van der Waals surface area contributed by atoms with Crippen LogP contribution in [0.15, 0.2) is 24.3 Å². The molecule has 3 nitrogen and oxygen atoms in total. The van der Waals surface area contributed by atoms with E-state index in [0.29, 0.717) is 11.3 Å². The van der Waals surface area contributed by atoms with Gasteiger partial charge in [-0.3, -0.25) is 0 Å². The molecular formula is C18H25NO2. The number of carbonyl (C=O) groups is 1. The molecule has 0 radical (unpaired) electrons. The van der Waals surface area contributed by atoms with Crippen molar-refractivity contribution in [2.24, 2.45) is 0 Å². The highest BCUT2D eigenvalue weighted by Crippen LogP contribution is 2.24. The molecule has 0 unspecified atom stereocenters. The number of rotatable bonds is 7. The van der Waals surface area contributed by atoms with Crippen molar-refractivity contribution in [3.8, 4) is 0 Å². The predicted octanol–water partition coefficient (Wildman–Crippen LogP) is 4.68. The summed E-state index contributed by atoms with van der Waals surface area (Å²) in [5.74, 6) is -0.400. The molecule has 0 aliphatic carbocycles. The molecular weight excluding hydrogens is 262 g/mol. The Morgan fingerprint density at radius 1 is 1.14 bits per heavy atom. The molecule has 1 rings (SSSR count). The first-order valence-corrected chi connectivity index (χ1v) is 7.48. The van der Waals surface area contributed by atoms with Gasteiger partial charge in [-0.2, -0.15) is 0 Å². The van der Waals surface area contributed by atoms with Gasteiger partial charge in [-0.1, -0.05) is 51.0 Å². The normalized spacial score (nSPS) is 11.4. The van der Waals surface area contributed by atoms with E-state index in [-0.39, 0.29) is 0 Å². The third-order valence-corrected chi connectivity index (χ3v) is 3.16. The van der Waals surface area contributed by atoms with Crippen LogP contribution in [-0.2, 0) is 4.74 Å². The van der Waals surface area contributed by atoms with E-state index in [1.54, 1.807) is 6.07 Å². The van der Waals surface area contributed by atoms with Gasteiger partial charge in [-0.05, 0) is 36.1 Å². The van der Waals surface area contributed by atoms with Gasteiger partial charge in [0.15, 0.2) is 0 Å². The highest BCUT2D eigenvalue weighted by molar-refractivity contribution is 5.98. The fourth-order valence-corrected chi connectivity index (χ4v) is 1.97. The Morgan fingerprint density at radius 3 is 2.33 bits per heavy atom. The summed E-state index contributed by atoms with van der Waals surface area (Å²) in [6, 6.07) is 3.78. The standard InChI is InChI=1S/C18H25NO2/c1-4-6-8-10-14-12-15(11-9-7-5-2)17(19)16(13-14)18(20)21-3/h8-13H,4-7,19H2,1-3H3. The van der Waals surface area contributed by atoms with Crippen LogP contribution in [0.3, 0.4) is 0 Å². The van der Waals surface area contributed by atoms with E-state index >= 15 is 0 Å². The minimum Gasteiger partial charge on any atom is -0.465 e. The van der Waals surface area contributed by atoms with Gasteiger partial charge in [-0.15, -0.1) is 0 Å². The summed E-state index contributed by atoms with van der Waals surface area (Å²) in [6.45, 7) is 4.25. The summed E-state index contributed by atoms with van der Waals surface area (Å²) < 4.78 is 4.81. The van der Waals surface area contributed by atoms with Gasteiger partial charge in [-0.25, -0.2) is 4.79 Å². The van der Waals surface area contributed by atoms with Crippen LogP contribution in [0.1, 0.15) is 61.0 Å². The third kappa shape index (κ3) is 5.10. The zero-order valence-corrected chi connectivity index (χ0v) is 13.2. The van der Waals surface area contributed by atoms with Crippen LogP contribution in [0.2, 0.25) is 0 Å². The van der Waals surface area contributed by atoms with Gasteiger partial charge in [0.2, 0.25) is 0 Å². The molecule has 114 valence electrons. The second-order valence-electron chi connectivity index (χ2n) is 4.95. The number of anilines is 1. The number of methoxy groups -OCH3 is 1. The smallest absolute Gasteiger partial charge is 0.339 e. The molecule has 0 spiro atoms. The highest BCUT2D eigenvalue weighted by atomic mass is 16.5. The number of nitrogens with two attached hydrogens (primary N) is 1. The number of nitrogen functional groups attached to an aromatic ring is 1. The summed E-state index contributed by atoms with van der Waals surface area (Å²) in [7, 11) is 1.37. The average Bonchev–Trinajstić information content (AvgIpc) is 2.49. The number of unbranched alkanes of at least 4 members (excludes halogenated alkanes) is 2. The lowest BCUT2D eigenvalue weighted by Crippen LogP contribution is -2.07. The van der Waals surface area contributed by atoms with Crippen LogP contribution in [0.5, 0.6) is 0 Å². The van der Waals surface area contributed by atoms with Crippen molar-refractivity contribution in [1.82, 2.24) is 0 Å². The Kier molecular flexibility index (Phi) is 7.30. The van der Waals surface area contributed by atoms with Gasteiger partial charge in [0.05, 0.1) is 18.4 Å². The van der Waals surface area contributed by atoms with Crippen molar-refractivity contribution in [3.63, 3.8) is 0 Å². The maximum atomic E-state index is 11.8. The molecule has 0 bridgehead atoms. The Balaban J connectivity index is 3.21. The molecule has 0 aliphatic rings. The van der Waals surface area contributed by atoms with E-state index in [1.165, 1.54) is 7.11 Å². The minimum atomic E-state index is -0.400. The molecule has 0 amide bonds. The zero-order valence-electron chi connectivity index (χ0n) is 13.2. The van der Waals surface area contributed by atoms with Crippen molar-refractivity contribution in [1.29, 1.82) is 0 Å². The number of benzene rings is 1. The zero-order chi connectivity index (χ0) is 15.7. The molecule has 1 aromatic rings. The Hall–Kier alpha value is -2.03. The van der Waals surface area contributed by atoms with E-state index in [1.807, 2.05) is 18.2 Å². The summed E-state index contributed by atoms with van der Waals surface area (Å²) in [6.07, 6.45) is 12.4. The molecule has 0 heterocycles. The van der Waals surface area contributed by atoms with E-state index in [9.17, 15) is 4.79 Å². The Labute approximate surface area is 127 Å². The van der Waals surface area contributed by atoms with Crippen LogP contribution < -0.4 is 5.73 Å². The molecule has 3 heteroatoms. The van der Waals surface area contributed by atoms with Crippen molar-refractivity contribution in [2.75, 3.05) is 12.8 Å². The fourth-order valence-electron chi connectivity index (χ4n) is 1.97. The van der Waals surface area contributed by atoms with Crippen LogP contribution in [0.25, 0.3) is 12.2 Å². The maximum Gasteiger partial charge on any atom is 0.339 e. The number of ether oxygens (including phenoxy) is 1. The van der Waals surface area contributed by atoms with Crippen LogP contribution in [0, 0.1) is 0 Å². The molecule has 0 atom stereocenters. The monoisotopic (exact) mass is 287 g/mol. The van der Waals surface area contributed by atoms with Gasteiger partial charge < -0.3 is 10.5 Å². The molecule has 2 N–H and O–H groups in total. The van der Waals surface area contributed by atoms with Gasteiger partial charge in [0.1, 0.15) is 0 Å². The number of hydrogen-bond acceptors (Lipinski definition) is 3. The average molecular weight is 287 g/mol.